The predicted molar refractivity (Wildman–Crippen MR) is 97.7 cm³/mol. The highest BCUT2D eigenvalue weighted by Crippen LogP contribution is 2.24. The Labute approximate surface area is 134 Å². The van der Waals surface area contributed by atoms with Gasteiger partial charge in [-0.1, -0.05) is 32.9 Å². The highest BCUT2D eigenvalue weighted by molar-refractivity contribution is 6.19. The largest absolute Gasteiger partial charge is 0.280 e. The third kappa shape index (κ3) is 4.80. The van der Waals surface area contributed by atoms with Gasteiger partial charge in [0.2, 0.25) is 0 Å². The first-order valence-corrected chi connectivity index (χ1v) is 7.79. The number of hydrogen-bond acceptors (Lipinski definition) is 2. The standard InChI is InChI=1S/C20H26N2/c1-19(2,3)15-7-9-16(10-8-15)21-17-11-13-18(14-12-17)22-20(4,5)6/h7-14H,1-6H3. The highest BCUT2D eigenvalue weighted by Gasteiger charge is 2.13. The van der Waals surface area contributed by atoms with Crippen LogP contribution in [0.1, 0.15) is 47.1 Å². The van der Waals surface area contributed by atoms with Crippen molar-refractivity contribution in [2.75, 3.05) is 0 Å². The van der Waals surface area contributed by atoms with E-state index in [1.165, 1.54) is 5.56 Å². The molecule has 2 heteroatoms. The van der Waals surface area contributed by atoms with Gasteiger partial charge in [0.15, 0.2) is 0 Å². The summed E-state index contributed by atoms with van der Waals surface area (Å²) in [6, 6.07) is 8.46. The first-order valence-electron chi connectivity index (χ1n) is 7.79. The summed E-state index contributed by atoms with van der Waals surface area (Å²) in [4.78, 5) is 9.30. The maximum absolute atomic E-state index is 4.66. The Morgan fingerprint density at radius 2 is 1.18 bits per heavy atom. The lowest BCUT2D eigenvalue weighted by molar-refractivity contribution is 0.585. The molecule has 0 saturated carbocycles. The Kier molecular flexibility index (Phi) is 4.50. The molecular weight excluding hydrogens is 268 g/mol. The fraction of sp³-hybridized carbons (Fsp3) is 0.400. The molecule has 0 heterocycles. The van der Waals surface area contributed by atoms with Crippen LogP contribution in [0.15, 0.2) is 58.6 Å². The van der Waals surface area contributed by atoms with Crippen molar-refractivity contribution in [2.45, 2.75) is 52.5 Å². The van der Waals surface area contributed by atoms with E-state index in [1.807, 2.05) is 24.3 Å². The van der Waals surface area contributed by atoms with Crippen molar-refractivity contribution in [3.05, 3.63) is 54.1 Å². The Bertz CT molecular complexity index is 624. The van der Waals surface area contributed by atoms with Crippen molar-refractivity contribution >= 4 is 17.1 Å². The van der Waals surface area contributed by atoms with Crippen molar-refractivity contribution in [3.63, 3.8) is 0 Å². The molecule has 2 nitrogen and oxygen atoms in total. The minimum absolute atomic E-state index is 0.0541. The SMILES string of the molecule is CC(C)(C)N=C1C=CC(=Nc2ccc(C(C)(C)C)cc2)C=C1. The van der Waals surface area contributed by atoms with E-state index in [0.29, 0.717) is 0 Å². The highest BCUT2D eigenvalue weighted by atomic mass is 14.8. The number of nitrogens with zero attached hydrogens (tertiary/aromatic N) is 2. The summed E-state index contributed by atoms with van der Waals surface area (Å²) >= 11 is 0. The molecule has 0 atom stereocenters. The number of aliphatic imine (C=N–C) groups is 2. The summed E-state index contributed by atoms with van der Waals surface area (Å²) in [7, 11) is 0. The van der Waals surface area contributed by atoms with Gasteiger partial charge in [-0.25, -0.2) is 4.99 Å². The van der Waals surface area contributed by atoms with Crippen LogP contribution in [0.4, 0.5) is 5.69 Å². The van der Waals surface area contributed by atoms with Crippen LogP contribution in [0.3, 0.4) is 0 Å². The molecule has 1 aromatic rings. The van der Waals surface area contributed by atoms with Gasteiger partial charge >= 0.3 is 0 Å². The molecule has 0 radical (unpaired) electrons. The second-order valence-electron chi connectivity index (χ2n) is 7.71. The average molecular weight is 294 g/mol. The molecule has 0 N–H and O–H groups in total. The molecule has 116 valence electrons. The lowest BCUT2D eigenvalue weighted by atomic mass is 9.87. The van der Waals surface area contributed by atoms with E-state index in [1.54, 1.807) is 0 Å². The summed E-state index contributed by atoms with van der Waals surface area (Å²) in [6.45, 7) is 13.0. The number of allylic oxidation sites excluding steroid dienone is 4. The van der Waals surface area contributed by atoms with Gasteiger partial charge in [0.1, 0.15) is 0 Å². The molecule has 1 aromatic carbocycles. The van der Waals surface area contributed by atoms with Gasteiger partial charge in [0, 0.05) is 0 Å². The normalized spacial score (nSPS) is 15.2. The summed E-state index contributed by atoms with van der Waals surface area (Å²) in [5, 5.41) is 0. The van der Waals surface area contributed by atoms with Crippen LogP contribution in [0.2, 0.25) is 0 Å². The third-order valence-corrected chi connectivity index (χ3v) is 3.31. The second kappa shape index (κ2) is 6.04. The van der Waals surface area contributed by atoms with E-state index in [9.17, 15) is 0 Å². The van der Waals surface area contributed by atoms with Crippen LogP contribution >= 0.6 is 0 Å². The van der Waals surface area contributed by atoms with Gasteiger partial charge in [-0.05, 0) is 68.2 Å². The Morgan fingerprint density at radius 1 is 0.682 bits per heavy atom. The van der Waals surface area contributed by atoms with E-state index in [0.717, 1.165) is 17.1 Å². The molecule has 0 aliphatic heterocycles. The lowest BCUT2D eigenvalue weighted by Crippen LogP contribution is -2.13. The predicted octanol–water partition coefficient (Wildman–Crippen LogP) is 5.42. The van der Waals surface area contributed by atoms with Crippen LogP contribution in [-0.2, 0) is 5.41 Å². The van der Waals surface area contributed by atoms with Gasteiger partial charge in [-0.2, -0.15) is 0 Å². The molecule has 0 saturated heterocycles. The summed E-state index contributed by atoms with van der Waals surface area (Å²) in [5.41, 5.74) is 4.38. The smallest absolute Gasteiger partial charge is 0.0638 e. The van der Waals surface area contributed by atoms with Gasteiger partial charge in [0.25, 0.3) is 0 Å². The van der Waals surface area contributed by atoms with Gasteiger partial charge in [-0.15, -0.1) is 0 Å². The molecule has 22 heavy (non-hydrogen) atoms. The van der Waals surface area contributed by atoms with Crippen molar-refractivity contribution in [3.8, 4) is 0 Å². The molecule has 0 fully saturated rings. The average Bonchev–Trinajstić information content (AvgIpc) is 2.39. The Morgan fingerprint density at radius 3 is 1.64 bits per heavy atom. The maximum Gasteiger partial charge on any atom is 0.0638 e. The van der Waals surface area contributed by atoms with E-state index < -0.39 is 0 Å². The zero-order chi connectivity index (χ0) is 16.4. The fourth-order valence-corrected chi connectivity index (χ4v) is 2.17. The number of rotatable bonds is 1. The zero-order valence-electron chi connectivity index (χ0n) is 14.5. The summed E-state index contributed by atoms with van der Waals surface area (Å²) in [5.74, 6) is 0. The lowest BCUT2D eigenvalue weighted by Gasteiger charge is -2.18. The van der Waals surface area contributed by atoms with E-state index >= 15 is 0 Å². The fourth-order valence-electron chi connectivity index (χ4n) is 2.17. The third-order valence-electron chi connectivity index (χ3n) is 3.31. The van der Waals surface area contributed by atoms with E-state index in [4.69, 9.17) is 0 Å². The molecule has 2 rings (SSSR count). The Balaban J connectivity index is 2.15. The van der Waals surface area contributed by atoms with Gasteiger partial charge < -0.3 is 0 Å². The minimum Gasteiger partial charge on any atom is -0.280 e. The van der Waals surface area contributed by atoms with Crippen LogP contribution < -0.4 is 0 Å². The molecule has 0 bridgehead atoms. The molecule has 0 aromatic heterocycles. The van der Waals surface area contributed by atoms with E-state index in [2.05, 4.69) is 75.8 Å². The second-order valence-corrected chi connectivity index (χ2v) is 7.71. The van der Waals surface area contributed by atoms with Crippen LogP contribution in [-0.4, -0.2) is 17.0 Å². The molecule has 0 spiro atoms. The molecule has 0 unspecified atom stereocenters. The maximum atomic E-state index is 4.66. The minimum atomic E-state index is -0.0541. The summed E-state index contributed by atoms with van der Waals surface area (Å²) in [6.07, 6.45) is 8.08. The molecular formula is C20H26N2. The number of benzene rings is 1. The number of hydrogen-bond donors (Lipinski definition) is 0. The van der Waals surface area contributed by atoms with Crippen molar-refractivity contribution in [1.82, 2.24) is 0 Å². The topological polar surface area (TPSA) is 24.7 Å². The first-order chi connectivity index (χ1) is 10.1. The van der Waals surface area contributed by atoms with Crippen molar-refractivity contribution < 1.29 is 0 Å². The van der Waals surface area contributed by atoms with Gasteiger partial charge in [-0.3, -0.25) is 4.99 Å². The van der Waals surface area contributed by atoms with Crippen LogP contribution in [0.25, 0.3) is 0 Å². The van der Waals surface area contributed by atoms with Crippen molar-refractivity contribution in [1.29, 1.82) is 0 Å². The zero-order valence-corrected chi connectivity index (χ0v) is 14.5. The monoisotopic (exact) mass is 294 g/mol. The van der Waals surface area contributed by atoms with Gasteiger partial charge in [0.05, 0.1) is 22.6 Å². The van der Waals surface area contributed by atoms with Crippen LogP contribution in [0, 0.1) is 0 Å². The quantitative estimate of drug-likeness (QED) is 0.618. The first kappa shape index (κ1) is 16.4. The Hall–Kier alpha value is -1.96. The van der Waals surface area contributed by atoms with Crippen LogP contribution in [0.5, 0.6) is 0 Å². The van der Waals surface area contributed by atoms with E-state index in [-0.39, 0.29) is 11.0 Å². The molecule has 0 amide bonds. The molecule has 1 aliphatic carbocycles. The summed E-state index contributed by atoms with van der Waals surface area (Å²) < 4.78 is 0. The van der Waals surface area contributed by atoms with Crippen molar-refractivity contribution in [2.24, 2.45) is 9.98 Å². The molecule has 1 aliphatic rings.